The Labute approximate surface area is 181 Å². The Kier molecular flexibility index (Phi) is 11.5. The standard InChI is InChI=1S/C21H30N4O6/c1-23-20(29)16(8-6-12-26)25(2)21(30)19-15(13-27)7-5-9-17(19)31-14-18(28)24-11-4-3-10-22/h5,7,9,12-13,16H,3-4,6,8,10-11,14,22H2,1-2H3,(H,23,29)(H,24,28). The summed E-state index contributed by atoms with van der Waals surface area (Å²) in [5, 5.41) is 5.14. The second-order valence-corrected chi connectivity index (χ2v) is 6.76. The number of ether oxygens (including phenoxy) is 1. The number of carbonyl (C=O) groups excluding carboxylic acids is 5. The summed E-state index contributed by atoms with van der Waals surface area (Å²) in [4.78, 5) is 60.8. The van der Waals surface area contributed by atoms with Gasteiger partial charge < -0.3 is 30.8 Å². The zero-order valence-corrected chi connectivity index (χ0v) is 17.9. The lowest BCUT2D eigenvalue weighted by molar-refractivity contribution is -0.125. The molecule has 170 valence electrons. The number of unbranched alkanes of at least 4 members (excludes halogenated alkanes) is 1. The predicted molar refractivity (Wildman–Crippen MR) is 114 cm³/mol. The van der Waals surface area contributed by atoms with Crippen LogP contribution in [0.25, 0.3) is 0 Å². The maximum Gasteiger partial charge on any atom is 0.258 e. The van der Waals surface area contributed by atoms with Crippen molar-refractivity contribution in [1.29, 1.82) is 0 Å². The van der Waals surface area contributed by atoms with Gasteiger partial charge in [-0.25, -0.2) is 0 Å². The average molecular weight is 434 g/mol. The minimum absolute atomic E-state index is 0.0459. The van der Waals surface area contributed by atoms with Crippen molar-refractivity contribution >= 4 is 30.3 Å². The monoisotopic (exact) mass is 434 g/mol. The van der Waals surface area contributed by atoms with Gasteiger partial charge in [0.1, 0.15) is 18.1 Å². The summed E-state index contributed by atoms with van der Waals surface area (Å²) in [5.41, 5.74) is 5.41. The Bertz CT molecular complexity index is 783. The van der Waals surface area contributed by atoms with Crippen molar-refractivity contribution in [2.75, 3.05) is 33.8 Å². The van der Waals surface area contributed by atoms with Crippen LogP contribution in [0.2, 0.25) is 0 Å². The Balaban J connectivity index is 3.04. The van der Waals surface area contributed by atoms with Gasteiger partial charge in [-0.2, -0.15) is 0 Å². The fraction of sp³-hybridized carbons (Fsp3) is 0.476. The van der Waals surface area contributed by atoms with Crippen LogP contribution in [0, 0.1) is 0 Å². The molecule has 1 aromatic carbocycles. The van der Waals surface area contributed by atoms with Crippen molar-refractivity contribution in [1.82, 2.24) is 15.5 Å². The summed E-state index contributed by atoms with van der Waals surface area (Å²) >= 11 is 0. The molecule has 0 saturated heterocycles. The molecule has 0 aliphatic carbocycles. The van der Waals surface area contributed by atoms with E-state index in [0.29, 0.717) is 25.7 Å². The van der Waals surface area contributed by atoms with E-state index < -0.39 is 17.9 Å². The van der Waals surface area contributed by atoms with Crippen LogP contribution in [0.1, 0.15) is 46.4 Å². The third-order valence-corrected chi connectivity index (χ3v) is 4.61. The number of nitrogens with two attached hydrogens (primary N) is 1. The Morgan fingerprint density at radius 3 is 2.58 bits per heavy atom. The van der Waals surface area contributed by atoms with Gasteiger partial charge >= 0.3 is 0 Å². The Morgan fingerprint density at radius 1 is 1.23 bits per heavy atom. The molecule has 31 heavy (non-hydrogen) atoms. The van der Waals surface area contributed by atoms with Crippen LogP contribution >= 0.6 is 0 Å². The first-order chi connectivity index (χ1) is 14.9. The lowest BCUT2D eigenvalue weighted by atomic mass is 10.0. The van der Waals surface area contributed by atoms with E-state index in [9.17, 15) is 24.0 Å². The maximum atomic E-state index is 13.2. The number of rotatable bonds is 14. The Morgan fingerprint density at radius 2 is 1.97 bits per heavy atom. The molecule has 1 unspecified atom stereocenters. The highest BCUT2D eigenvalue weighted by Gasteiger charge is 2.29. The van der Waals surface area contributed by atoms with E-state index in [1.165, 1.54) is 32.3 Å². The van der Waals surface area contributed by atoms with Gasteiger partial charge in [-0.1, -0.05) is 12.1 Å². The fourth-order valence-corrected chi connectivity index (χ4v) is 2.90. The molecule has 1 rings (SSSR count). The van der Waals surface area contributed by atoms with E-state index in [2.05, 4.69) is 10.6 Å². The van der Waals surface area contributed by atoms with Crippen molar-refractivity contribution in [3.63, 3.8) is 0 Å². The highest BCUT2D eigenvalue weighted by molar-refractivity contribution is 6.05. The number of likely N-dealkylation sites (N-methyl/N-ethyl adjacent to an activating group) is 2. The molecule has 1 aromatic rings. The molecule has 0 aromatic heterocycles. The second-order valence-electron chi connectivity index (χ2n) is 6.76. The highest BCUT2D eigenvalue weighted by Crippen LogP contribution is 2.24. The van der Waals surface area contributed by atoms with Crippen LogP contribution in [-0.2, 0) is 14.4 Å². The van der Waals surface area contributed by atoms with E-state index in [-0.39, 0.29) is 42.2 Å². The van der Waals surface area contributed by atoms with Crippen molar-refractivity contribution < 1.29 is 28.7 Å². The number of nitrogens with zero attached hydrogens (tertiary/aromatic N) is 1. The van der Waals surface area contributed by atoms with Gasteiger partial charge in [-0.3, -0.25) is 19.2 Å². The summed E-state index contributed by atoms with van der Waals surface area (Å²) in [6.45, 7) is 0.638. The fourth-order valence-electron chi connectivity index (χ4n) is 2.90. The summed E-state index contributed by atoms with van der Waals surface area (Å²) in [7, 11) is 2.83. The lowest BCUT2D eigenvalue weighted by Crippen LogP contribution is -2.47. The number of amides is 3. The second kappa shape index (κ2) is 13.9. The van der Waals surface area contributed by atoms with Crippen molar-refractivity contribution in [3.8, 4) is 5.75 Å². The Hall–Kier alpha value is -3.27. The smallest absolute Gasteiger partial charge is 0.258 e. The molecular formula is C21H30N4O6. The third kappa shape index (κ3) is 7.82. The van der Waals surface area contributed by atoms with Gasteiger partial charge in [-0.05, 0) is 31.9 Å². The molecule has 0 heterocycles. The minimum atomic E-state index is -0.916. The molecule has 0 aliphatic heterocycles. The molecule has 4 N–H and O–H groups in total. The molecular weight excluding hydrogens is 404 g/mol. The third-order valence-electron chi connectivity index (χ3n) is 4.61. The van der Waals surface area contributed by atoms with Gasteiger partial charge in [0.05, 0.1) is 5.56 Å². The molecule has 10 heteroatoms. The summed E-state index contributed by atoms with van der Waals surface area (Å²) in [6, 6.07) is 3.52. The van der Waals surface area contributed by atoms with E-state index in [0.717, 1.165) is 17.7 Å². The number of nitrogens with one attached hydrogen (secondary N) is 2. The largest absolute Gasteiger partial charge is 0.483 e. The minimum Gasteiger partial charge on any atom is -0.483 e. The van der Waals surface area contributed by atoms with Crippen LogP contribution in [0.3, 0.4) is 0 Å². The number of hydrogen-bond donors (Lipinski definition) is 3. The first kappa shape index (κ1) is 25.8. The molecule has 0 saturated carbocycles. The van der Waals surface area contributed by atoms with E-state index in [1.54, 1.807) is 0 Å². The van der Waals surface area contributed by atoms with Crippen LogP contribution in [0.4, 0.5) is 0 Å². The number of carbonyl (C=O) groups is 5. The molecule has 0 bridgehead atoms. The van der Waals surface area contributed by atoms with E-state index >= 15 is 0 Å². The maximum absolute atomic E-state index is 13.2. The van der Waals surface area contributed by atoms with Gasteiger partial charge in [-0.15, -0.1) is 0 Å². The summed E-state index contributed by atoms with van der Waals surface area (Å²) in [6.07, 6.45) is 2.88. The van der Waals surface area contributed by atoms with Crippen molar-refractivity contribution in [3.05, 3.63) is 29.3 Å². The molecule has 0 fully saturated rings. The zero-order chi connectivity index (χ0) is 23.2. The van der Waals surface area contributed by atoms with Crippen molar-refractivity contribution in [2.45, 2.75) is 31.7 Å². The SMILES string of the molecule is CNC(=O)C(CCC=O)N(C)C(=O)c1c(C=O)cccc1OCC(=O)NCCCCN. The van der Waals surface area contributed by atoms with Crippen LogP contribution < -0.4 is 21.1 Å². The molecule has 0 spiro atoms. The predicted octanol–water partition coefficient (Wildman–Crippen LogP) is -0.101. The zero-order valence-electron chi connectivity index (χ0n) is 17.9. The van der Waals surface area contributed by atoms with Crippen molar-refractivity contribution in [2.24, 2.45) is 5.73 Å². The van der Waals surface area contributed by atoms with E-state index in [4.69, 9.17) is 10.5 Å². The number of hydrogen-bond acceptors (Lipinski definition) is 7. The van der Waals surface area contributed by atoms with Gasteiger partial charge in [0.2, 0.25) is 5.91 Å². The molecule has 0 aliphatic rings. The van der Waals surface area contributed by atoms with Crippen LogP contribution in [-0.4, -0.2) is 75.0 Å². The lowest BCUT2D eigenvalue weighted by Gasteiger charge is -2.27. The van der Waals surface area contributed by atoms with Crippen LogP contribution in [0.15, 0.2) is 18.2 Å². The number of benzene rings is 1. The summed E-state index contributed by atoms with van der Waals surface area (Å²) in [5.74, 6) is -1.42. The molecule has 1 atom stereocenters. The highest BCUT2D eigenvalue weighted by atomic mass is 16.5. The number of aldehydes is 2. The first-order valence-electron chi connectivity index (χ1n) is 10.0. The quantitative estimate of drug-likeness (QED) is 0.273. The molecule has 3 amide bonds. The van der Waals surface area contributed by atoms with E-state index in [1.807, 2.05) is 0 Å². The van der Waals surface area contributed by atoms with Gasteiger partial charge in [0.25, 0.3) is 11.8 Å². The van der Waals surface area contributed by atoms with Crippen LogP contribution in [0.5, 0.6) is 5.75 Å². The van der Waals surface area contributed by atoms with Gasteiger partial charge in [0.15, 0.2) is 12.9 Å². The van der Waals surface area contributed by atoms with Gasteiger partial charge in [0, 0.05) is 32.6 Å². The summed E-state index contributed by atoms with van der Waals surface area (Å²) < 4.78 is 5.52. The first-order valence-corrected chi connectivity index (χ1v) is 10.0. The topological polar surface area (TPSA) is 148 Å². The molecule has 0 radical (unpaired) electrons. The molecule has 10 nitrogen and oxygen atoms in total. The normalized spacial score (nSPS) is 11.2. The average Bonchev–Trinajstić information content (AvgIpc) is 2.79.